The van der Waals surface area contributed by atoms with Crippen molar-refractivity contribution in [3.63, 3.8) is 0 Å². The van der Waals surface area contributed by atoms with Crippen LogP contribution in [-0.2, 0) is 4.84 Å². The van der Waals surface area contributed by atoms with Crippen LogP contribution in [0.1, 0.15) is 17.0 Å². The topological polar surface area (TPSA) is 34.1 Å². The molecule has 0 fully saturated rings. The van der Waals surface area contributed by atoms with Crippen LogP contribution in [0.3, 0.4) is 0 Å². The van der Waals surface area contributed by atoms with Crippen LogP contribution in [0.4, 0.5) is 5.69 Å². The maximum Gasteiger partial charge on any atom is 0.212 e. The molecular formula is C23H22N2O2. The Balaban J connectivity index is 1.71. The largest absolute Gasteiger partial charge is 0.497 e. The van der Waals surface area contributed by atoms with E-state index in [9.17, 15) is 0 Å². The Morgan fingerprint density at radius 1 is 0.852 bits per heavy atom. The van der Waals surface area contributed by atoms with E-state index in [1.807, 2.05) is 55.6 Å². The Labute approximate surface area is 159 Å². The van der Waals surface area contributed by atoms with Crippen molar-refractivity contribution in [2.24, 2.45) is 5.16 Å². The number of hydrogen-bond donors (Lipinski definition) is 0. The van der Waals surface area contributed by atoms with Gasteiger partial charge in [0.15, 0.2) is 0 Å². The summed E-state index contributed by atoms with van der Waals surface area (Å²) >= 11 is 0. The summed E-state index contributed by atoms with van der Waals surface area (Å²) in [5, 5.41) is 4.48. The molecule has 0 aliphatic carbocycles. The van der Waals surface area contributed by atoms with Gasteiger partial charge in [-0.1, -0.05) is 53.7 Å². The Hall–Kier alpha value is -3.27. The summed E-state index contributed by atoms with van der Waals surface area (Å²) in [6.45, 7) is 0. The molecule has 0 bridgehead atoms. The molecule has 1 aliphatic rings. The van der Waals surface area contributed by atoms with Crippen molar-refractivity contribution in [2.75, 3.05) is 19.1 Å². The lowest BCUT2D eigenvalue weighted by Gasteiger charge is -2.29. The molecule has 1 heterocycles. The smallest absolute Gasteiger partial charge is 0.212 e. The predicted octanol–water partition coefficient (Wildman–Crippen LogP) is 4.68. The molecule has 0 saturated heterocycles. The number of hydrogen-bond acceptors (Lipinski definition) is 4. The molecule has 1 aliphatic heterocycles. The molecule has 0 amide bonds. The summed E-state index contributed by atoms with van der Waals surface area (Å²) < 4.78 is 5.28. The molecule has 4 nitrogen and oxygen atoms in total. The fourth-order valence-corrected chi connectivity index (χ4v) is 3.44. The van der Waals surface area contributed by atoms with Gasteiger partial charge < -0.3 is 14.5 Å². The third-order valence-electron chi connectivity index (χ3n) is 4.93. The van der Waals surface area contributed by atoms with E-state index in [4.69, 9.17) is 9.57 Å². The molecule has 3 aromatic rings. The third-order valence-corrected chi connectivity index (χ3v) is 4.93. The van der Waals surface area contributed by atoms with Crippen LogP contribution in [0.2, 0.25) is 0 Å². The van der Waals surface area contributed by atoms with Gasteiger partial charge in [-0.15, -0.1) is 0 Å². The van der Waals surface area contributed by atoms with E-state index in [1.165, 1.54) is 5.56 Å². The van der Waals surface area contributed by atoms with Crippen molar-refractivity contribution < 1.29 is 9.57 Å². The highest BCUT2D eigenvalue weighted by Gasteiger charge is 2.39. The average molecular weight is 358 g/mol. The highest BCUT2D eigenvalue weighted by atomic mass is 16.7. The number of ether oxygens (including phenoxy) is 1. The van der Waals surface area contributed by atoms with Crippen molar-refractivity contribution >= 4 is 11.4 Å². The molecular weight excluding hydrogens is 336 g/mol. The van der Waals surface area contributed by atoms with Gasteiger partial charge in [0.25, 0.3) is 0 Å². The van der Waals surface area contributed by atoms with E-state index in [1.54, 1.807) is 7.11 Å². The van der Waals surface area contributed by atoms with Crippen LogP contribution >= 0.6 is 0 Å². The van der Waals surface area contributed by atoms with Crippen LogP contribution in [0.15, 0.2) is 90.1 Å². The lowest BCUT2D eigenvalue weighted by atomic mass is 9.88. The summed E-state index contributed by atoms with van der Waals surface area (Å²) in [6.07, 6.45) is -0.216. The minimum absolute atomic E-state index is 0.00445. The standard InChI is InChI=1S/C23H22N2O2/c1-25(19-11-7-4-8-12-19)23-21(17-9-5-3-6-10-17)22(24-27-23)18-13-15-20(26-2)16-14-18/h3-16,21,23H,1-2H3. The molecule has 4 heteroatoms. The number of benzene rings is 3. The highest BCUT2D eigenvalue weighted by Crippen LogP contribution is 2.35. The zero-order chi connectivity index (χ0) is 18.6. The molecule has 2 unspecified atom stereocenters. The number of nitrogens with zero attached hydrogens (tertiary/aromatic N) is 2. The van der Waals surface area contributed by atoms with E-state index in [-0.39, 0.29) is 12.1 Å². The number of oxime groups is 1. The highest BCUT2D eigenvalue weighted by molar-refractivity contribution is 6.06. The molecule has 2 atom stereocenters. The first-order valence-electron chi connectivity index (χ1n) is 8.99. The van der Waals surface area contributed by atoms with Crippen molar-refractivity contribution in [1.82, 2.24) is 0 Å². The van der Waals surface area contributed by atoms with Gasteiger partial charge >= 0.3 is 0 Å². The molecule has 0 aromatic heterocycles. The Bertz CT molecular complexity index is 908. The molecule has 0 radical (unpaired) electrons. The monoisotopic (exact) mass is 358 g/mol. The second-order valence-electron chi connectivity index (χ2n) is 6.54. The molecule has 0 saturated carbocycles. The zero-order valence-electron chi connectivity index (χ0n) is 15.4. The van der Waals surface area contributed by atoms with Gasteiger partial charge in [-0.2, -0.15) is 0 Å². The van der Waals surface area contributed by atoms with Crippen molar-refractivity contribution in [2.45, 2.75) is 12.1 Å². The molecule has 136 valence electrons. The number of methoxy groups -OCH3 is 1. The van der Waals surface area contributed by atoms with Crippen LogP contribution in [-0.4, -0.2) is 26.1 Å². The van der Waals surface area contributed by atoms with Gasteiger partial charge in [0.05, 0.1) is 13.0 Å². The number of likely N-dealkylation sites (N-methyl/N-ethyl adjacent to an activating group) is 1. The van der Waals surface area contributed by atoms with Crippen LogP contribution in [0, 0.1) is 0 Å². The molecule has 0 spiro atoms. The average Bonchev–Trinajstić information content (AvgIpc) is 3.19. The Morgan fingerprint density at radius 2 is 1.48 bits per heavy atom. The zero-order valence-corrected chi connectivity index (χ0v) is 15.4. The van der Waals surface area contributed by atoms with Crippen molar-refractivity contribution in [1.29, 1.82) is 0 Å². The first-order chi connectivity index (χ1) is 13.3. The number of anilines is 1. The van der Waals surface area contributed by atoms with E-state index in [0.717, 1.165) is 22.7 Å². The molecule has 27 heavy (non-hydrogen) atoms. The molecule has 0 N–H and O–H groups in total. The predicted molar refractivity (Wildman–Crippen MR) is 108 cm³/mol. The SMILES string of the molecule is COc1ccc(C2=NOC(N(C)c3ccccc3)C2c2ccccc2)cc1. The lowest BCUT2D eigenvalue weighted by Crippen LogP contribution is -2.37. The summed E-state index contributed by atoms with van der Waals surface area (Å²) in [5.41, 5.74) is 4.23. The maximum atomic E-state index is 5.94. The van der Waals surface area contributed by atoms with Gasteiger partial charge in [0.1, 0.15) is 11.5 Å². The fourth-order valence-electron chi connectivity index (χ4n) is 3.44. The van der Waals surface area contributed by atoms with Gasteiger partial charge in [0.2, 0.25) is 6.23 Å². The van der Waals surface area contributed by atoms with E-state index >= 15 is 0 Å². The lowest BCUT2D eigenvalue weighted by molar-refractivity contribution is 0.0771. The van der Waals surface area contributed by atoms with Gasteiger partial charge in [-0.05, 0) is 42.0 Å². The summed E-state index contributed by atoms with van der Waals surface area (Å²) in [7, 11) is 3.71. The minimum atomic E-state index is -0.216. The van der Waals surface area contributed by atoms with Gasteiger partial charge in [-0.25, -0.2) is 0 Å². The van der Waals surface area contributed by atoms with E-state index < -0.39 is 0 Å². The van der Waals surface area contributed by atoms with Crippen LogP contribution in [0.25, 0.3) is 0 Å². The van der Waals surface area contributed by atoms with Crippen LogP contribution in [0.5, 0.6) is 5.75 Å². The summed E-state index contributed by atoms with van der Waals surface area (Å²) in [6, 6.07) is 28.6. The minimum Gasteiger partial charge on any atom is -0.497 e. The number of para-hydroxylation sites is 1. The van der Waals surface area contributed by atoms with Gasteiger partial charge in [-0.3, -0.25) is 0 Å². The van der Waals surface area contributed by atoms with E-state index in [2.05, 4.69) is 46.5 Å². The molecule has 3 aromatic carbocycles. The first-order valence-corrected chi connectivity index (χ1v) is 8.99. The first kappa shape index (κ1) is 17.2. The fraction of sp³-hybridized carbons (Fsp3) is 0.174. The van der Waals surface area contributed by atoms with Crippen LogP contribution < -0.4 is 9.64 Å². The molecule has 4 rings (SSSR count). The Kier molecular flexibility index (Phi) is 4.79. The second-order valence-corrected chi connectivity index (χ2v) is 6.54. The Morgan fingerprint density at radius 3 is 2.11 bits per heavy atom. The van der Waals surface area contributed by atoms with Crippen molar-refractivity contribution in [3.05, 3.63) is 96.1 Å². The summed E-state index contributed by atoms with van der Waals surface area (Å²) in [5.74, 6) is 0.831. The number of rotatable bonds is 5. The van der Waals surface area contributed by atoms with Gasteiger partial charge in [0, 0.05) is 18.3 Å². The summed E-state index contributed by atoms with van der Waals surface area (Å²) in [4.78, 5) is 8.08. The normalized spacial score (nSPS) is 18.5. The van der Waals surface area contributed by atoms with Crippen molar-refractivity contribution in [3.8, 4) is 5.75 Å². The third kappa shape index (κ3) is 3.38. The quantitative estimate of drug-likeness (QED) is 0.664. The maximum absolute atomic E-state index is 5.94. The van der Waals surface area contributed by atoms with E-state index in [0.29, 0.717) is 0 Å². The second kappa shape index (κ2) is 7.54.